The van der Waals surface area contributed by atoms with Crippen LogP contribution in [-0.2, 0) is 14.3 Å². The molecule has 1 saturated heterocycles. The molecule has 0 aromatic carbocycles. The van der Waals surface area contributed by atoms with Crippen molar-refractivity contribution >= 4 is 11.9 Å². The Hall–Kier alpha value is -1.10. The Labute approximate surface area is 114 Å². The van der Waals surface area contributed by atoms with Gasteiger partial charge in [0.25, 0.3) is 0 Å². The monoisotopic (exact) mass is 271 g/mol. The van der Waals surface area contributed by atoms with Crippen LogP contribution in [-0.4, -0.2) is 35.2 Å². The van der Waals surface area contributed by atoms with E-state index in [0.717, 1.165) is 0 Å². The number of hydrogen-bond donors (Lipinski definition) is 2. The van der Waals surface area contributed by atoms with Gasteiger partial charge in [0.1, 0.15) is 6.04 Å². The van der Waals surface area contributed by atoms with Gasteiger partial charge in [0.2, 0.25) is 5.91 Å². The maximum absolute atomic E-state index is 12.3. The topological polar surface area (TPSA) is 75.6 Å². The lowest BCUT2D eigenvalue weighted by Gasteiger charge is -2.24. The molecule has 0 saturated carbocycles. The first-order chi connectivity index (χ1) is 8.79. The lowest BCUT2D eigenvalue weighted by atomic mass is 9.88. The number of carboxylic acids is 1. The van der Waals surface area contributed by atoms with E-state index in [2.05, 4.69) is 5.32 Å². The summed E-state index contributed by atoms with van der Waals surface area (Å²) in [5, 5.41) is 11.9. The van der Waals surface area contributed by atoms with Crippen molar-refractivity contribution in [3.05, 3.63) is 0 Å². The van der Waals surface area contributed by atoms with Crippen molar-refractivity contribution in [2.45, 2.75) is 59.3 Å². The molecule has 1 aliphatic rings. The summed E-state index contributed by atoms with van der Waals surface area (Å²) in [4.78, 5) is 23.5. The highest BCUT2D eigenvalue weighted by molar-refractivity contribution is 5.85. The molecule has 19 heavy (non-hydrogen) atoms. The molecule has 1 amide bonds. The van der Waals surface area contributed by atoms with Gasteiger partial charge in [0.15, 0.2) is 0 Å². The highest BCUT2D eigenvalue weighted by Crippen LogP contribution is 2.32. The Morgan fingerprint density at radius 2 is 1.84 bits per heavy atom. The maximum atomic E-state index is 12.3. The fourth-order valence-corrected chi connectivity index (χ4v) is 2.65. The SMILES string of the molecule is CCC(C)[C@H](NC(=O)C1C(C)OC(C)C1C)C(=O)O. The van der Waals surface area contributed by atoms with Crippen LogP contribution in [0.15, 0.2) is 0 Å². The number of aliphatic carboxylic acids is 1. The van der Waals surface area contributed by atoms with E-state index in [1.165, 1.54) is 0 Å². The predicted molar refractivity (Wildman–Crippen MR) is 71.7 cm³/mol. The van der Waals surface area contributed by atoms with Crippen LogP contribution in [0.3, 0.4) is 0 Å². The highest BCUT2D eigenvalue weighted by atomic mass is 16.5. The van der Waals surface area contributed by atoms with Gasteiger partial charge < -0.3 is 15.2 Å². The molecule has 1 fully saturated rings. The number of carboxylic acid groups (broad SMARTS) is 1. The van der Waals surface area contributed by atoms with Crippen LogP contribution in [0.25, 0.3) is 0 Å². The van der Waals surface area contributed by atoms with Crippen LogP contribution in [0.1, 0.15) is 41.0 Å². The average Bonchev–Trinajstić information content (AvgIpc) is 2.58. The van der Waals surface area contributed by atoms with Gasteiger partial charge in [-0.2, -0.15) is 0 Å². The molecular formula is C14H25NO4. The fraction of sp³-hybridized carbons (Fsp3) is 0.857. The third-order valence-electron chi connectivity index (χ3n) is 4.32. The molecule has 0 aromatic rings. The molecule has 2 N–H and O–H groups in total. The lowest BCUT2D eigenvalue weighted by molar-refractivity contribution is -0.144. The van der Waals surface area contributed by atoms with Gasteiger partial charge in [-0.1, -0.05) is 27.2 Å². The minimum Gasteiger partial charge on any atom is -0.480 e. The fourth-order valence-electron chi connectivity index (χ4n) is 2.65. The van der Waals surface area contributed by atoms with E-state index < -0.39 is 12.0 Å². The van der Waals surface area contributed by atoms with Gasteiger partial charge in [-0.3, -0.25) is 4.79 Å². The van der Waals surface area contributed by atoms with Crippen molar-refractivity contribution in [2.75, 3.05) is 0 Å². The Morgan fingerprint density at radius 3 is 2.21 bits per heavy atom. The van der Waals surface area contributed by atoms with Gasteiger partial charge in [0, 0.05) is 0 Å². The summed E-state index contributed by atoms with van der Waals surface area (Å²) in [7, 11) is 0. The normalized spacial score (nSPS) is 33.7. The molecule has 0 aliphatic carbocycles. The molecular weight excluding hydrogens is 246 g/mol. The lowest BCUT2D eigenvalue weighted by Crippen LogP contribution is -2.49. The van der Waals surface area contributed by atoms with Gasteiger partial charge in [0.05, 0.1) is 18.1 Å². The molecule has 1 heterocycles. The molecule has 5 nitrogen and oxygen atoms in total. The summed E-state index contributed by atoms with van der Waals surface area (Å²) in [6, 6.07) is -0.826. The van der Waals surface area contributed by atoms with E-state index in [4.69, 9.17) is 4.74 Å². The summed E-state index contributed by atoms with van der Waals surface area (Å²) < 4.78 is 5.63. The molecule has 6 atom stereocenters. The second-order valence-corrected chi connectivity index (χ2v) is 5.64. The number of carbonyl (C=O) groups is 2. The molecule has 0 aromatic heterocycles. The summed E-state index contributed by atoms with van der Waals surface area (Å²) >= 11 is 0. The number of nitrogens with one attached hydrogen (secondary N) is 1. The third kappa shape index (κ3) is 3.47. The van der Waals surface area contributed by atoms with E-state index in [-0.39, 0.29) is 35.9 Å². The zero-order valence-electron chi connectivity index (χ0n) is 12.3. The smallest absolute Gasteiger partial charge is 0.326 e. The maximum Gasteiger partial charge on any atom is 0.326 e. The van der Waals surface area contributed by atoms with Gasteiger partial charge in [-0.05, 0) is 25.7 Å². The van der Waals surface area contributed by atoms with Gasteiger partial charge in [-0.15, -0.1) is 0 Å². The van der Waals surface area contributed by atoms with E-state index in [0.29, 0.717) is 6.42 Å². The van der Waals surface area contributed by atoms with Crippen LogP contribution in [0.2, 0.25) is 0 Å². The Kier molecular flexibility index (Phi) is 5.35. The van der Waals surface area contributed by atoms with Crippen LogP contribution >= 0.6 is 0 Å². The number of ether oxygens (including phenoxy) is 1. The van der Waals surface area contributed by atoms with Crippen LogP contribution in [0, 0.1) is 17.8 Å². The summed E-state index contributed by atoms with van der Waals surface area (Å²) in [6.45, 7) is 9.52. The summed E-state index contributed by atoms with van der Waals surface area (Å²) in [5.74, 6) is -1.46. The number of hydrogen-bond acceptors (Lipinski definition) is 3. The number of rotatable bonds is 5. The first-order valence-corrected chi connectivity index (χ1v) is 6.98. The Balaban J connectivity index is 2.75. The first-order valence-electron chi connectivity index (χ1n) is 6.98. The second kappa shape index (κ2) is 6.37. The standard InChI is InChI=1S/C14H25NO4/c1-6-7(2)12(14(17)18)15-13(16)11-8(3)9(4)19-10(11)5/h7-12H,6H2,1-5H3,(H,15,16)(H,17,18)/t7?,8?,9?,10?,11?,12-/m0/s1. The van der Waals surface area contributed by atoms with Gasteiger partial charge >= 0.3 is 5.97 Å². The van der Waals surface area contributed by atoms with Crippen molar-refractivity contribution in [1.29, 1.82) is 0 Å². The molecule has 1 aliphatic heterocycles. The number of amides is 1. The van der Waals surface area contributed by atoms with Crippen molar-refractivity contribution in [3.63, 3.8) is 0 Å². The van der Waals surface area contributed by atoms with Crippen molar-refractivity contribution in [2.24, 2.45) is 17.8 Å². The van der Waals surface area contributed by atoms with E-state index in [1.54, 1.807) is 0 Å². The quantitative estimate of drug-likeness (QED) is 0.797. The predicted octanol–water partition coefficient (Wildman–Crippen LogP) is 1.66. The molecule has 0 radical (unpaired) electrons. The summed E-state index contributed by atoms with van der Waals surface area (Å²) in [5.41, 5.74) is 0. The van der Waals surface area contributed by atoms with Crippen molar-refractivity contribution < 1.29 is 19.4 Å². The van der Waals surface area contributed by atoms with E-state index in [1.807, 2.05) is 34.6 Å². The first kappa shape index (κ1) is 16.0. The minimum absolute atomic E-state index is 0.0256. The highest BCUT2D eigenvalue weighted by Gasteiger charge is 2.42. The number of carbonyl (C=O) groups excluding carboxylic acids is 1. The molecule has 5 unspecified atom stereocenters. The van der Waals surface area contributed by atoms with Crippen LogP contribution < -0.4 is 5.32 Å². The molecule has 0 bridgehead atoms. The van der Waals surface area contributed by atoms with Crippen molar-refractivity contribution in [3.8, 4) is 0 Å². The molecule has 5 heteroatoms. The average molecular weight is 271 g/mol. The molecule has 0 spiro atoms. The van der Waals surface area contributed by atoms with Crippen LogP contribution in [0.5, 0.6) is 0 Å². The molecule has 1 rings (SSSR count). The van der Waals surface area contributed by atoms with E-state index in [9.17, 15) is 14.7 Å². The summed E-state index contributed by atoms with van der Waals surface area (Å²) in [6.07, 6.45) is 0.564. The Bertz CT molecular complexity index is 344. The van der Waals surface area contributed by atoms with Gasteiger partial charge in [-0.25, -0.2) is 4.79 Å². The Morgan fingerprint density at radius 1 is 1.26 bits per heavy atom. The largest absolute Gasteiger partial charge is 0.480 e. The van der Waals surface area contributed by atoms with Crippen LogP contribution in [0.4, 0.5) is 0 Å². The molecule has 110 valence electrons. The van der Waals surface area contributed by atoms with Crippen molar-refractivity contribution in [1.82, 2.24) is 5.32 Å². The second-order valence-electron chi connectivity index (χ2n) is 5.64. The zero-order valence-corrected chi connectivity index (χ0v) is 12.3. The minimum atomic E-state index is -0.977. The zero-order chi connectivity index (χ0) is 14.7. The van der Waals surface area contributed by atoms with E-state index >= 15 is 0 Å². The third-order valence-corrected chi connectivity index (χ3v) is 4.32.